The molecule has 1 unspecified atom stereocenters. The number of rotatable bonds is 3. The summed E-state index contributed by atoms with van der Waals surface area (Å²) in [5.74, 6) is 0.977. The molecule has 0 saturated carbocycles. The van der Waals surface area contributed by atoms with Gasteiger partial charge in [0.05, 0.1) is 6.04 Å². The molecule has 3 heterocycles. The van der Waals surface area contributed by atoms with Gasteiger partial charge < -0.3 is 13.4 Å². The number of aryl methyl sites for hydroxylation is 1. The minimum absolute atomic E-state index is 0.243. The van der Waals surface area contributed by atoms with Crippen LogP contribution in [0, 0.1) is 0 Å². The van der Waals surface area contributed by atoms with E-state index in [1.54, 1.807) is 0 Å². The molecular formula is C45H35NO2. The van der Waals surface area contributed by atoms with Crippen LogP contribution >= 0.6 is 0 Å². The Morgan fingerprint density at radius 1 is 0.500 bits per heavy atom. The second kappa shape index (κ2) is 11.5. The number of nitrogens with zero attached hydrogens (tertiary/aromatic N) is 1. The van der Waals surface area contributed by atoms with Crippen LogP contribution < -0.4 is 0 Å². The molecule has 0 spiro atoms. The maximum Gasteiger partial charge on any atom is 0.135 e. The van der Waals surface area contributed by atoms with E-state index in [4.69, 9.17) is 8.83 Å². The predicted octanol–water partition coefficient (Wildman–Crippen LogP) is 13.0. The molecule has 1 aliphatic rings. The third-order valence-corrected chi connectivity index (χ3v) is 9.84. The quantitative estimate of drug-likeness (QED) is 0.197. The molecule has 0 fully saturated rings. The van der Waals surface area contributed by atoms with E-state index < -0.39 is 0 Å². The van der Waals surface area contributed by atoms with Crippen molar-refractivity contribution in [3.8, 4) is 22.3 Å². The van der Waals surface area contributed by atoms with Gasteiger partial charge in [0.15, 0.2) is 0 Å². The van der Waals surface area contributed by atoms with E-state index in [-0.39, 0.29) is 6.04 Å². The van der Waals surface area contributed by atoms with Gasteiger partial charge in [-0.1, -0.05) is 105 Å². The van der Waals surface area contributed by atoms with Gasteiger partial charge in [0.1, 0.15) is 22.5 Å². The van der Waals surface area contributed by atoms with Crippen molar-refractivity contribution in [2.24, 2.45) is 0 Å². The Bertz CT molecular complexity index is 2610. The molecule has 232 valence electrons. The van der Waals surface area contributed by atoms with Crippen LogP contribution in [-0.2, 0) is 6.42 Å². The van der Waals surface area contributed by atoms with E-state index in [0.717, 1.165) is 46.1 Å². The van der Waals surface area contributed by atoms with Crippen molar-refractivity contribution >= 4 is 60.8 Å². The van der Waals surface area contributed by atoms with Gasteiger partial charge in [0.25, 0.3) is 0 Å². The summed E-state index contributed by atoms with van der Waals surface area (Å²) in [5, 5.41) is 6.12. The summed E-state index contributed by atoms with van der Waals surface area (Å²) in [7, 11) is 0. The summed E-state index contributed by atoms with van der Waals surface area (Å²) in [4.78, 5) is 0. The summed E-state index contributed by atoms with van der Waals surface area (Å²) in [6.45, 7) is 4.00. The van der Waals surface area contributed by atoms with Crippen LogP contribution in [0.5, 0.6) is 0 Å². The maximum absolute atomic E-state index is 6.46. The highest BCUT2D eigenvalue weighted by molar-refractivity contribution is 6.08. The van der Waals surface area contributed by atoms with Crippen LogP contribution in [0.1, 0.15) is 37.6 Å². The molecule has 1 atom stereocenters. The highest BCUT2D eigenvalue weighted by Crippen LogP contribution is 2.40. The van der Waals surface area contributed by atoms with E-state index in [1.165, 1.54) is 55.0 Å². The molecule has 3 aromatic heterocycles. The van der Waals surface area contributed by atoms with Gasteiger partial charge in [-0.15, -0.1) is 0 Å². The number of fused-ring (bicyclic) bond motifs is 9. The average Bonchev–Trinajstić information content (AvgIpc) is 3.76. The molecule has 10 rings (SSSR count). The molecule has 3 nitrogen and oxygen atoms in total. The minimum atomic E-state index is 0.243. The van der Waals surface area contributed by atoms with Crippen LogP contribution in [0.3, 0.4) is 0 Å². The molecular weight excluding hydrogens is 587 g/mol. The Morgan fingerprint density at radius 3 is 1.77 bits per heavy atom. The Balaban J connectivity index is 0.00000154. The van der Waals surface area contributed by atoms with Crippen LogP contribution in [-0.4, -0.2) is 4.57 Å². The fraction of sp³-hybridized carbons (Fsp3) is 0.111. The molecule has 0 N–H and O–H groups in total. The van der Waals surface area contributed by atoms with Crippen molar-refractivity contribution in [2.45, 2.75) is 32.7 Å². The lowest BCUT2D eigenvalue weighted by Crippen LogP contribution is -2.06. The lowest BCUT2D eigenvalue weighted by atomic mass is 9.96. The zero-order valence-electron chi connectivity index (χ0n) is 27.1. The second-order valence-corrected chi connectivity index (χ2v) is 12.4. The summed E-state index contributed by atoms with van der Waals surface area (Å²) in [5.41, 5.74) is 11.4. The van der Waals surface area contributed by atoms with Crippen LogP contribution in [0.4, 0.5) is 0 Å². The zero-order valence-corrected chi connectivity index (χ0v) is 27.1. The first-order valence-corrected chi connectivity index (χ1v) is 17.0. The number of para-hydroxylation sites is 3. The molecule has 48 heavy (non-hydrogen) atoms. The number of hydrogen-bond acceptors (Lipinski definition) is 2. The lowest BCUT2D eigenvalue weighted by Gasteiger charge is -2.17. The number of aromatic nitrogens is 1. The van der Waals surface area contributed by atoms with Crippen molar-refractivity contribution < 1.29 is 8.83 Å². The Kier molecular flexibility index (Phi) is 6.79. The fourth-order valence-corrected chi connectivity index (χ4v) is 7.64. The van der Waals surface area contributed by atoms with Gasteiger partial charge in [-0.3, -0.25) is 0 Å². The van der Waals surface area contributed by atoms with E-state index >= 15 is 0 Å². The zero-order chi connectivity index (χ0) is 32.2. The molecule has 0 radical (unpaired) electrons. The van der Waals surface area contributed by atoms with Crippen LogP contribution in [0.15, 0.2) is 148 Å². The number of furan rings is 2. The SMILES string of the molecule is C1=CC(n2c3ccccc3c3ccccc32)CCc2c1oc1ccc(-c3cccc(-c4ccc5oc6ccccc6c5c4)c3)cc21.CC. The first kappa shape index (κ1) is 28.4. The average molecular weight is 622 g/mol. The number of hydrogen-bond donors (Lipinski definition) is 0. The molecule has 0 saturated heterocycles. The third kappa shape index (κ3) is 4.50. The van der Waals surface area contributed by atoms with Gasteiger partial charge in [0, 0.05) is 43.5 Å². The molecule has 9 aromatic rings. The van der Waals surface area contributed by atoms with Crippen molar-refractivity contribution in [2.75, 3.05) is 0 Å². The van der Waals surface area contributed by atoms with Gasteiger partial charge in [-0.05, 0) is 89.7 Å². The summed E-state index contributed by atoms with van der Waals surface area (Å²) < 4.78 is 15.0. The van der Waals surface area contributed by atoms with Gasteiger partial charge in [-0.25, -0.2) is 0 Å². The lowest BCUT2D eigenvalue weighted by molar-refractivity contribution is 0.586. The molecule has 0 bridgehead atoms. The van der Waals surface area contributed by atoms with Crippen molar-refractivity contribution in [3.05, 3.63) is 151 Å². The Labute approximate surface area is 279 Å². The van der Waals surface area contributed by atoms with Crippen molar-refractivity contribution in [1.82, 2.24) is 4.57 Å². The Hall–Kier alpha value is -5.80. The van der Waals surface area contributed by atoms with E-state index in [0.29, 0.717) is 0 Å². The Morgan fingerprint density at radius 2 is 1.06 bits per heavy atom. The smallest absolute Gasteiger partial charge is 0.135 e. The first-order chi connectivity index (χ1) is 23.8. The summed E-state index contributed by atoms with van der Waals surface area (Å²) >= 11 is 0. The topological polar surface area (TPSA) is 31.2 Å². The normalized spacial score (nSPS) is 14.4. The molecule has 0 amide bonds. The van der Waals surface area contributed by atoms with Crippen LogP contribution in [0.25, 0.3) is 83.0 Å². The summed E-state index contributed by atoms with van der Waals surface area (Å²) in [6, 6.07) is 48.0. The van der Waals surface area contributed by atoms with Gasteiger partial charge in [-0.2, -0.15) is 0 Å². The highest BCUT2D eigenvalue weighted by Gasteiger charge is 2.22. The molecule has 0 aliphatic heterocycles. The molecule has 3 heteroatoms. The minimum Gasteiger partial charge on any atom is -0.456 e. The predicted molar refractivity (Wildman–Crippen MR) is 202 cm³/mol. The second-order valence-electron chi connectivity index (χ2n) is 12.4. The first-order valence-electron chi connectivity index (χ1n) is 17.0. The van der Waals surface area contributed by atoms with E-state index in [9.17, 15) is 0 Å². The van der Waals surface area contributed by atoms with E-state index in [2.05, 4.69) is 138 Å². The monoisotopic (exact) mass is 621 g/mol. The van der Waals surface area contributed by atoms with Crippen LogP contribution in [0.2, 0.25) is 0 Å². The van der Waals surface area contributed by atoms with Crippen molar-refractivity contribution in [1.29, 1.82) is 0 Å². The highest BCUT2D eigenvalue weighted by atomic mass is 16.3. The standard InChI is InChI=1S/C43H29NO2.C2H6/c1-4-13-38-32(10-1)33-11-2-5-14-39(33)44(38)31-18-20-35-37-26-30(17-22-43(37)46-41(35)23-19-31)28-9-7-8-27(24-28)29-16-21-42-36(25-29)34-12-3-6-15-40(34)45-42;1-2/h1-17,19,21-26,31H,18,20H2;1-2H3. The van der Waals surface area contributed by atoms with Crippen molar-refractivity contribution in [3.63, 3.8) is 0 Å². The van der Waals surface area contributed by atoms with Gasteiger partial charge >= 0.3 is 0 Å². The van der Waals surface area contributed by atoms with E-state index in [1.807, 2.05) is 26.0 Å². The largest absolute Gasteiger partial charge is 0.456 e. The molecule has 6 aromatic carbocycles. The number of benzene rings is 6. The summed E-state index contributed by atoms with van der Waals surface area (Å²) in [6.07, 6.45) is 6.48. The maximum atomic E-state index is 6.46. The molecule has 1 aliphatic carbocycles. The fourth-order valence-electron chi connectivity index (χ4n) is 7.64. The third-order valence-electron chi connectivity index (χ3n) is 9.84. The number of allylic oxidation sites excluding steroid dienone is 1. The van der Waals surface area contributed by atoms with Gasteiger partial charge in [0.2, 0.25) is 0 Å².